The Hall–Kier alpha value is -1.57. The molecule has 1 atom stereocenters. The number of aromatic nitrogens is 2. The Kier molecular flexibility index (Phi) is 4.56. The highest BCUT2D eigenvalue weighted by Crippen LogP contribution is 2.29. The van der Waals surface area contributed by atoms with Crippen molar-refractivity contribution in [2.24, 2.45) is 11.8 Å². The van der Waals surface area contributed by atoms with Gasteiger partial charge in [-0.05, 0) is 12.8 Å². The minimum atomic E-state index is -4.61. The monoisotopic (exact) mass is 277 g/mol. The summed E-state index contributed by atoms with van der Waals surface area (Å²) in [5.74, 6) is 4.31. The number of hydrogen-bond donors (Lipinski definition) is 2. The van der Waals surface area contributed by atoms with E-state index >= 15 is 0 Å². The summed E-state index contributed by atoms with van der Waals surface area (Å²) in [6, 6.07) is 1.41. The summed E-state index contributed by atoms with van der Waals surface area (Å²) < 4.78 is 38.1. The van der Waals surface area contributed by atoms with Gasteiger partial charge in [-0.25, -0.2) is 15.8 Å². The molecule has 0 aliphatic carbocycles. The number of rotatable bonds is 4. The van der Waals surface area contributed by atoms with Crippen LogP contribution in [-0.2, 0) is 6.18 Å². The van der Waals surface area contributed by atoms with Gasteiger partial charge in [-0.3, -0.25) is 0 Å². The third-order valence-corrected chi connectivity index (χ3v) is 3.05. The Balaban J connectivity index is 3.20. The van der Waals surface area contributed by atoms with Crippen molar-refractivity contribution in [3.05, 3.63) is 11.9 Å². The van der Waals surface area contributed by atoms with Gasteiger partial charge in [0.25, 0.3) is 0 Å². The van der Waals surface area contributed by atoms with Crippen molar-refractivity contribution in [3.63, 3.8) is 0 Å². The van der Waals surface area contributed by atoms with Crippen LogP contribution < -0.4 is 16.2 Å². The summed E-state index contributed by atoms with van der Waals surface area (Å²) in [4.78, 5) is 8.53. The van der Waals surface area contributed by atoms with Gasteiger partial charge in [0.15, 0.2) is 0 Å². The molecule has 0 radical (unpaired) electrons. The van der Waals surface area contributed by atoms with E-state index in [-0.39, 0.29) is 23.6 Å². The van der Waals surface area contributed by atoms with Crippen LogP contribution >= 0.6 is 0 Å². The van der Waals surface area contributed by atoms with Crippen LogP contribution in [-0.4, -0.2) is 23.1 Å². The van der Waals surface area contributed by atoms with E-state index in [1.165, 1.54) is 6.07 Å². The van der Waals surface area contributed by atoms with Gasteiger partial charge in [0.2, 0.25) is 5.82 Å². The van der Waals surface area contributed by atoms with Crippen LogP contribution in [0.2, 0.25) is 0 Å². The fourth-order valence-corrected chi connectivity index (χ4v) is 1.47. The smallest absolute Gasteiger partial charge is 0.357 e. The van der Waals surface area contributed by atoms with E-state index in [0.29, 0.717) is 0 Å². The van der Waals surface area contributed by atoms with Crippen LogP contribution in [0.1, 0.15) is 26.6 Å². The molecule has 0 aromatic carbocycles. The van der Waals surface area contributed by atoms with Crippen LogP contribution in [0.5, 0.6) is 0 Å². The lowest BCUT2D eigenvalue weighted by molar-refractivity contribution is -0.144. The predicted molar refractivity (Wildman–Crippen MR) is 67.5 cm³/mol. The first-order chi connectivity index (χ1) is 8.66. The first kappa shape index (κ1) is 15.5. The second-order valence-electron chi connectivity index (χ2n) is 4.67. The van der Waals surface area contributed by atoms with Gasteiger partial charge in [-0.15, -0.1) is 0 Å². The molecule has 1 rings (SSSR count). The molecular weight excluding hydrogens is 259 g/mol. The van der Waals surface area contributed by atoms with Crippen molar-refractivity contribution in [1.82, 2.24) is 9.97 Å². The standard InChI is InChI=1S/C11H18F3N5/c1-6(2)7(3)19(4)9-5-8(18-15)16-10(17-9)11(12,13)14/h5-7H,15H2,1-4H3,(H,16,17,18). The van der Waals surface area contributed by atoms with Crippen molar-refractivity contribution in [3.8, 4) is 0 Å². The summed E-state index contributed by atoms with van der Waals surface area (Å²) in [6.07, 6.45) is -4.61. The van der Waals surface area contributed by atoms with E-state index in [9.17, 15) is 13.2 Å². The van der Waals surface area contributed by atoms with E-state index in [2.05, 4.69) is 15.4 Å². The van der Waals surface area contributed by atoms with Gasteiger partial charge in [-0.1, -0.05) is 13.8 Å². The van der Waals surface area contributed by atoms with Crippen LogP contribution in [0.15, 0.2) is 6.07 Å². The van der Waals surface area contributed by atoms with Crippen molar-refractivity contribution >= 4 is 11.6 Å². The number of nitrogens with one attached hydrogen (secondary N) is 1. The molecule has 1 unspecified atom stereocenters. The molecule has 108 valence electrons. The molecule has 0 bridgehead atoms. The fraction of sp³-hybridized carbons (Fsp3) is 0.636. The third-order valence-electron chi connectivity index (χ3n) is 3.05. The predicted octanol–water partition coefficient (Wildman–Crippen LogP) is 2.26. The maximum atomic E-state index is 12.7. The van der Waals surface area contributed by atoms with E-state index in [4.69, 9.17) is 5.84 Å². The van der Waals surface area contributed by atoms with Crippen LogP contribution in [0.3, 0.4) is 0 Å². The Bertz CT molecular complexity index is 433. The second-order valence-corrected chi connectivity index (χ2v) is 4.67. The molecule has 5 nitrogen and oxygen atoms in total. The molecule has 19 heavy (non-hydrogen) atoms. The van der Waals surface area contributed by atoms with Crippen molar-refractivity contribution in [1.29, 1.82) is 0 Å². The largest absolute Gasteiger partial charge is 0.451 e. The van der Waals surface area contributed by atoms with Gasteiger partial charge in [0.05, 0.1) is 0 Å². The van der Waals surface area contributed by atoms with E-state index in [1.54, 1.807) is 11.9 Å². The van der Waals surface area contributed by atoms with Gasteiger partial charge in [-0.2, -0.15) is 13.2 Å². The number of halogens is 3. The quantitative estimate of drug-likeness (QED) is 0.652. The van der Waals surface area contributed by atoms with Crippen LogP contribution in [0.25, 0.3) is 0 Å². The van der Waals surface area contributed by atoms with Crippen LogP contribution in [0, 0.1) is 5.92 Å². The molecule has 1 aromatic rings. The zero-order valence-corrected chi connectivity index (χ0v) is 11.3. The van der Waals surface area contributed by atoms with E-state index < -0.39 is 12.0 Å². The highest BCUT2D eigenvalue weighted by molar-refractivity contribution is 5.49. The Morgan fingerprint density at radius 3 is 2.26 bits per heavy atom. The number of alkyl halides is 3. The van der Waals surface area contributed by atoms with E-state index in [1.807, 2.05) is 20.8 Å². The maximum Gasteiger partial charge on any atom is 0.451 e. The highest BCUT2D eigenvalue weighted by Gasteiger charge is 2.36. The van der Waals surface area contributed by atoms with Crippen LogP contribution in [0.4, 0.5) is 24.8 Å². The lowest BCUT2D eigenvalue weighted by atomic mass is 10.1. The maximum absolute atomic E-state index is 12.7. The molecule has 0 spiro atoms. The summed E-state index contributed by atoms with van der Waals surface area (Å²) in [7, 11) is 1.69. The molecule has 0 amide bonds. The Morgan fingerprint density at radius 1 is 1.26 bits per heavy atom. The SMILES string of the molecule is CC(C)C(C)N(C)c1cc(NN)nc(C(F)(F)F)n1. The first-order valence-electron chi connectivity index (χ1n) is 5.82. The van der Waals surface area contributed by atoms with Gasteiger partial charge in [0.1, 0.15) is 11.6 Å². The van der Waals surface area contributed by atoms with Gasteiger partial charge < -0.3 is 10.3 Å². The summed E-state index contributed by atoms with van der Waals surface area (Å²) in [5.41, 5.74) is 2.13. The number of nitrogen functional groups attached to an aromatic ring is 1. The average Bonchev–Trinajstić information content (AvgIpc) is 2.35. The molecule has 0 aliphatic heterocycles. The lowest BCUT2D eigenvalue weighted by Gasteiger charge is -2.29. The average molecular weight is 277 g/mol. The minimum absolute atomic E-state index is 0.0293. The zero-order valence-electron chi connectivity index (χ0n) is 11.3. The zero-order chi connectivity index (χ0) is 14.8. The van der Waals surface area contributed by atoms with Crippen molar-refractivity contribution in [2.45, 2.75) is 33.0 Å². The highest BCUT2D eigenvalue weighted by atomic mass is 19.4. The molecule has 1 heterocycles. The molecule has 0 aliphatic rings. The summed E-state index contributed by atoms with van der Waals surface area (Å²) in [5, 5.41) is 0. The van der Waals surface area contributed by atoms with Crippen molar-refractivity contribution in [2.75, 3.05) is 17.4 Å². The Labute approximate surface area is 110 Å². The molecule has 0 saturated carbocycles. The number of nitrogens with zero attached hydrogens (tertiary/aromatic N) is 3. The molecule has 0 saturated heterocycles. The third kappa shape index (κ3) is 3.69. The molecule has 8 heteroatoms. The normalized spacial score (nSPS) is 13.5. The molecule has 1 aromatic heterocycles. The van der Waals surface area contributed by atoms with Gasteiger partial charge in [0, 0.05) is 19.2 Å². The number of hydrazine groups is 1. The second kappa shape index (κ2) is 5.60. The fourth-order valence-electron chi connectivity index (χ4n) is 1.47. The molecular formula is C11H18F3N5. The summed E-state index contributed by atoms with van der Waals surface area (Å²) in [6.45, 7) is 5.87. The first-order valence-corrected chi connectivity index (χ1v) is 5.82. The van der Waals surface area contributed by atoms with Crippen molar-refractivity contribution < 1.29 is 13.2 Å². The molecule has 3 N–H and O–H groups in total. The number of nitrogens with two attached hydrogens (primary N) is 1. The lowest BCUT2D eigenvalue weighted by Crippen LogP contribution is -2.34. The van der Waals surface area contributed by atoms with Gasteiger partial charge >= 0.3 is 6.18 Å². The Morgan fingerprint density at radius 2 is 1.84 bits per heavy atom. The minimum Gasteiger partial charge on any atom is -0.357 e. The topological polar surface area (TPSA) is 67.1 Å². The van der Waals surface area contributed by atoms with E-state index in [0.717, 1.165) is 0 Å². The molecule has 0 fully saturated rings. The summed E-state index contributed by atoms with van der Waals surface area (Å²) >= 11 is 0. The number of anilines is 2. The number of hydrogen-bond acceptors (Lipinski definition) is 5.